The molecule has 0 spiro atoms. The fourth-order valence-electron chi connectivity index (χ4n) is 4.01. The quantitative estimate of drug-likeness (QED) is 0.708. The lowest BCUT2D eigenvalue weighted by atomic mass is 9.96. The zero-order valence-corrected chi connectivity index (χ0v) is 16.1. The number of hydrogen-bond acceptors (Lipinski definition) is 4. The Labute approximate surface area is 169 Å². The molecule has 1 unspecified atom stereocenters. The summed E-state index contributed by atoms with van der Waals surface area (Å²) in [6.07, 6.45) is 5.06. The van der Waals surface area contributed by atoms with Crippen LogP contribution in [0.1, 0.15) is 42.5 Å². The van der Waals surface area contributed by atoms with Crippen LogP contribution in [0.3, 0.4) is 0 Å². The standard InChI is InChI=1S/C23H23N3O3/c27-22(28)12-11-16-7-4-6-14-26(16)23(29)18-15-21(20-10-3-5-13-24-20)25-19-9-2-1-8-17(18)19/h1-3,5,8-10,13,15-16H,4,6-7,11-12,14H2,(H,27,28). The number of aliphatic carboxylic acids is 1. The number of para-hydroxylation sites is 1. The Kier molecular flexibility index (Phi) is 5.51. The third kappa shape index (κ3) is 4.11. The second-order valence-electron chi connectivity index (χ2n) is 7.37. The number of carboxylic acids is 1. The van der Waals surface area contributed by atoms with E-state index in [-0.39, 0.29) is 18.4 Å². The van der Waals surface area contributed by atoms with Crippen molar-refractivity contribution in [2.45, 2.75) is 38.1 Å². The molecule has 1 saturated heterocycles. The van der Waals surface area contributed by atoms with Gasteiger partial charge in [-0.2, -0.15) is 0 Å². The predicted octanol–water partition coefficient (Wildman–Crippen LogP) is 4.16. The highest BCUT2D eigenvalue weighted by molar-refractivity contribution is 6.07. The molecule has 6 nitrogen and oxygen atoms in total. The van der Waals surface area contributed by atoms with Crippen molar-refractivity contribution in [3.05, 3.63) is 60.3 Å². The van der Waals surface area contributed by atoms with Crippen LogP contribution in [-0.2, 0) is 4.79 Å². The van der Waals surface area contributed by atoms with E-state index in [2.05, 4.69) is 4.98 Å². The van der Waals surface area contributed by atoms with Gasteiger partial charge in [-0.15, -0.1) is 0 Å². The van der Waals surface area contributed by atoms with Crippen LogP contribution in [-0.4, -0.2) is 44.4 Å². The molecule has 4 rings (SSSR count). The summed E-state index contributed by atoms with van der Waals surface area (Å²) < 4.78 is 0. The van der Waals surface area contributed by atoms with Crippen LogP contribution in [0.4, 0.5) is 0 Å². The Bertz CT molecular complexity index is 1040. The van der Waals surface area contributed by atoms with Gasteiger partial charge in [0.2, 0.25) is 0 Å². The minimum absolute atomic E-state index is 0.0439. The molecule has 0 radical (unpaired) electrons. The van der Waals surface area contributed by atoms with E-state index in [1.54, 1.807) is 6.20 Å². The molecule has 6 heteroatoms. The van der Waals surface area contributed by atoms with E-state index in [0.29, 0.717) is 29.9 Å². The fourth-order valence-corrected chi connectivity index (χ4v) is 4.01. The van der Waals surface area contributed by atoms with Gasteiger partial charge in [0.25, 0.3) is 5.91 Å². The molecule has 0 aliphatic carbocycles. The van der Waals surface area contributed by atoms with E-state index in [0.717, 1.165) is 30.2 Å². The second kappa shape index (κ2) is 8.39. The summed E-state index contributed by atoms with van der Waals surface area (Å²) in [4.78, 5) is 35.6. The van der Waals surface area contributed by atoms with Crippen molar-refractivity contribution >= 4 is 22.8 Å². The highest BCUT2D eigenvalue weighted by Gasteiger charge is 2.29. The number of likely N-dealkylation sites (tertiary alicyclic amines) is 1. The van der Waals surface area contributed by atoms with Crippen LogP contribution in [0.15, 0.2) is 54.7 Å². The fraction of sp³-hybridized carbons (Fsp3) is 0.304. The Hall–Kier alpha value is -3.28. The van der Waals surface area contributed by atoms with E-state index in [1.165, 1.54) is 0 Å². The maximum atomic E-state index is 13.6. The third-order valence-electron chi connectivity index (χ3n) is 5.45. The summed E-state index contributed by atoms with van der Waals surface area (Å²) in [5, 5.41) is 9.88. The van der Waals surface area contributed by atoms with Crippen molar-refractivity contribution < 1.29 is 14.7 Å². The van der Waals surface area contributed by atoms with Gasteiger partial charge in [0.1, 0.15) is 0 Å². The van der Waals surface area contributed by atoms with Crippen LogP contribution in [0.5, 0.6) is 0 Å². The number of rotatable bonds is 5. The molecule has 1 amide bonds. The molecule has 1 aliphatic rings. The number of carbonyl (C=O) groups excluding carboxylic acids is 1. The zero-order chi connectivity index (χ0) is 20.2. The van der Waals surface area contributed by atoms with Gasteiger partial charge in [-0.25, -0.2) is 4.98 Å². The van der Waals surface area contributed by atoms with E-state index < -0.39 is 5.97 Å². The molecule has 1 fully saturated rings. The second-order valence-corrected chi connectivity index (χ2v) is 7.37. The van der Waals surface area contributed by atoms with Crippen LogP contribution in [0, 0.1) is 0 Å². The van der Waals surface area contributed by atoms with Crippen LogP contribution < -0.4 is 0 Å². The van der Waals surface area contributed by atoms with Crippen LogP contribution >= 0.6 is 0 Å². The van der Waals surface area contributed by atoms with Gasteiger partial charge in [0.05, 0.1) is 22.5 Å². The van der Waals surface area contributed by atoms with Gasteiger partial charge in [0.15, 0.2) is 0 Å². The highest BCUT2D eigenvalue weighted by atomic mass is 16.4. The lowest BCUT2D eigenvalue weighted by Gasteiger charge is -2.36. The molecule has 3 heterocycles. The van der Waals surface area contributed by atoms with Gasteiger partial charge >= 0.3 is 5.97 Å². The Morgan fingerprint density at radius 2 is 1.90 bits per heavy atom. The lowest BCUT2D eigenvalue weighted by molar-refractivity contribution is -0.137. The minimum atomic E-state index is -0.824. The van der Waals surface area contributed by atoms with Crippen molar-refractivity contribution in [3.8, 4) is 11.4 Å². The smallest absolute Gasteiger partial charge is 0.303 e. The summed E-state index contributed by atoms with van der Waals surface area (Å²) in [7, 11) is 0. The highest BCUT2D eigenvalue weighted by Crippen LogP contribution is 2.28. The molecular formula is C23H23N3O3. The minimum Gasteiger partial charge on any atom is -0.481 e. The molecule has 29 heavy (non-hydrogen) atoms. The maximum Gasteiger partial charge on any atom is 0.303 e. The van der Waals surface area contributed by atoms with Crippen molar-refractivity contribution in [1.29, 1.82) is 0 Å². The number of nitrogens with zero attached hydrogens (tertiary/aromatic N) is 3. The molecule has 1 N–H and O–H groups in total. The molecule has 1 aliphatic heterocycles. The van der Waals surface area contributed by atoms with Crippen molar-refractivity contribution in [3.63, 3.8) is 0 Å². The average molecular weight is 389 g/mol. The number of carbonyl (C=O) groups is 2. The maximum absolute atomic E-state index is 13.6. The van der Waals surface area contributed by atoms with Gasteiger partial charge in [0, 0.05) is 30.6 Å². The number of benzene rings is 1. The predicted molar refractivity (Wildman–Crippen MR) is 111 cm³/mol. The first kappa shape index (κ1) is 19.1. The van der Waals surface area contributed by atoms with E-state index in [1.807, 2.05) is 53.4 Å². The Balaban J connectivity index is 1.75. The van der Waals surface area contributed by atoms with Crippen LogP contribution in [0.2, 0.25) is 0 Å². The molecule has 0 bridgehead atoms. The topological polar surface area (TPSA) is 83.4 Å². The number of fused-ring (bicyclic) bond motifs is 1. The number of carboxylic acid groups (broad SMARTS) is 1. The summed E-state index contributed by atoms with van der Waals surface area (Å²) in [5.41, 5.74) is 2.72. The van der Waals surface area contributed by atoms with Gasteiger partial charge < -0.3 is 10.0 Å². The third-order valence-corrected chi connectivity index (χ3v) is 5.45. The number of pyridine rings is 2. The first-order valence-corrected chi connectivity index (χ1v) is 9.97. The monoisotopic (exact) mass is 389 g/mol. The van der Waals surface area contributed by atoms with Gasteiger partial charge in [-0.05, 0) is 49.9 Å². The number of hydrogen-bond donors (Lipinski definition) is 1. The lowest BCUT2D eigenvalue weighted by Crippen LogP contribution is -2.44. The van der Waals surface area contributed by atoms with Crippen LogP contribution in [0.25, 0.3) is 22.3 Å². The first-order chi connectivity index (χ1) is 14.1. The van der Waals surface area contributed by atoms with Crippen molar-refractivity contribution in [1.82, 2.24) is 14.9 Å². The van der Waals surface area contributed by atoms with E-state index in [4.69, 9.17) is 10.1 Å². The molecule has 1 atom stereocenters. The summed E-state index contributed by atoms with van der Waals surface area (Å²) in [6.45, 7) is 0.651. The van der Waals surface area contributed by atoms with E-state index >= 15 is 0 Å². The SMILES string of the molecule is O=C(O)CCC1CCCCN1C(=O)c1cc(-c2ccccn2)nc2ccccc12. The Morgan fingerprint density at radius 3 is 2.69 bits per heavy atom. The summed E-state index contributed by atoms with van der Waals surface area (Å²) >= 11 is 0. The van der Waals surface area contributed by atoms with Crippen molar-refractivity contribution in [2.75, 3.05) is 6.54 Å². The van der Waals surface area contributed by atoms with Gasteiger partial charge in [-0.3, -0.25) is 14.6 Å². The number of amides is 1. The average Bonchev–Trinajstić information content (AvgIpc) is 2.77. The number of aromatic nitrogens is 2. The number of piperidine rings is 1. The largest absolute Gasteiger partial charge is 0.481 e. The normalized spacial score (nSPS) is 16.7. The molecule has 2 aromatic heterocycles. The molecule has 1 aromatic carbocycles. The molecular weight excluding hydrogens is 366 g/mol. The molecule has 148 valence electrons. The zero-order valence-electron chi connectivity index (χ0n) is 16.1. The summed E-state index contributed by atoms with van der Waals surface area (Å²) in [5.74, 6) is -0.884. The molecule has 3 aromatic rings. The van der Waals surface area contributed by atoms with E-state index in [9.17, 15) is 9.59 Å². The van der Waals surface area contributed by atoms with Crippen molar-refractivity contribution in [2.24, 2.45) is 0 Å². The summed E-state index contributed by atoms with van der Waals surface area (Å²) in [6, 6.07) is 15.0. The first-order valence-electron chi connectivity index (χ1n) is 9.97. The van der Waals surface area contributed by atoms with Gasteiger partial charge in [-0.1, -0.05) is 24.3 Å². The molecule has 0 saturated carbocycles. The Morgan fingerprint density at radius 1 is 1.07 bits per heavy atom.